The predicted octanol–water partition coefficient (Wildman–Crippen LogP) is 4.84. The molecule has 29 heavy (non-hydrogen) atoms. The molecule has 2 rings (SSSR count). The van der Waals surface area contributed by atoms with Crippen molar-refractivity contribution in [1.82, 2.24) is 0 Å². The van der Waals surface area contributed by atoms with E-state index in [4.69, 9.17) is 4.74 Å². The summed E-state index contributed by atoms with van der Waals surface area (Å²) in [5.74, 6) is -1.25. The van der Waals surface area contributed by atoms with Crippen LogP contribution in [-0.4, -0.2) is 23.9 Å². The fourth-order valence-electron chi connectivity index (χ4n) is 2.49. The van der Waals surface area contributed by atoms with Crippen LogP contribution < -0.4 is 10.6 Å². The van der Waals surface area contributed by atoms with Gasteiger partial charge in [-0.25, -0.2) is 4.79 Å². The Balaban J connectivity index is 2.15. The number of carbonyl (C=O) groups is 3. The number of amides is 2. The maximum atomic E-state index is 12.8. The van der Waals surface area contributed by atoms with E-state index in [-0.39, 0.29) is 5.91 Å². The lowest BCUT2D eigenvalue weighted by atomic mass is 9.96. The Kier molecular flexibility index (Phi) is 6.85. The summed E-state index contributed by atoms with van der Waals surface area (Å²) in [4.78, 5) is 38.5. The molecule has 2 N–H and O–H groups in total. The molecule has 0 saturated carbocycles. The molecule has 0 aliphatic rings. The molecular formula is C22H28N2O4S. The second kappa shape index (κ2) is 8.78. The number of thiophene rings is 1. The summed E-state index contributed by atoms with van der Waals surface area (Å²) in [7, 11) is 0. The van der Waals surface area contributed by atoms with E-state index in [9.17, 15) is 14.4 Å². The number of ether oxygens (including phenoxy) is 1. The Morgan fingerprint density at radius 1 is 1.07 bits per heavy atom. The van der Waals surface area contributed by atoms with Gasteiger partial charge in [0.2, 0.25) is 5.91 Å². The number of hydrogen-bond donors (Lipinski definition) is 2. The second-order valence-corrected chi connectivity index (χ2v) is 9.32. The highest BCUT2D eigenvalue weighted by Crippen LogP contribution is 2.34. The molecule has 0 bridgehead atoms. The molecule has 0 aliphatic carbocycles. The van der Waals surface area contributed by atoms with Gasteiger partial charge in [-0.1, -0.05) is 32.9 Å². The van der Waals surface area contributed by atoms with Gasteiger partial charge in [0.1, 0.15) is 5.00 Å². The van der Waals surface area contributed by atoms with Crippen LogP contribution in [0.15, 0.2) is 24.3 Å². The number of carbonyl (C=O) groups excluding carboxylic acids is 3. The average Bonchev–Trinajstić information content (AvgIpc) is 2.87. The number of rotatable bonds is 5. The third-order valence-electron chi connectivity index (χ3n) is 4.44. The molecule has 156 valence electrons. The minimum atomic E-state index is -0.992. The van der Waals surface area contributed by atoms with Crippen LogP contribution in [0.1, 0.15) is 54.1 Å². The zero-order valence-corrected chi connectivity index (χ0v) is 18.7. The molecule has 0 unspecified atom stereocenters. The van der Waals surface area contributed by atoms with E-state index in [0.29, 0.717) is 16.3 Å². The molecule has 7 heteroatoms. The van der Waals surface area contributed by atoms with E-state index in [1.807, 2.05) is 32.0 Å². The van der Waals surface area contributed by atoms with E-state index in [1.54, 1.807) is 33.8 Å². The van der Waals surface area contributed by atoms with Crippen molar-refractivity contribution in [2.45, 2.75) is 54.6 Å². The number of esters is 1. The molecule has 1 atom stereocenters. The molecule has 1 heterocycles. The van der Waals surface area contributed by atoms with Crippen LogP contribution in [-0.2, 0) is 14.3 Å². The van der Waals surface area contributed by atoms with E-state index in [1.165, 1.54) is 18.3 Å². The zero-order valence-electron chi connectivity index (χ0n) is 17.9. The van der Waals surface area contributed by atoms with Crippen molar-refractivity contribution in [2.24, 2.45) is 5.41 Å². The third kappa shape index (κ3) is 5.67. The fourth-order valence-corrected chi connectivity index (χ4v) is 3.53. The van der Waals surface area contributed by atoms with Crippen molar-refractivity contribution in [3.05, 3.63) is 45.8 Å². The lowest BCUT2D eigenvalue weighted by Gasteiger charge is -2.18. The average molecular weight is 417 g/mol. The molecule has 0 fully saturated rings. The van der Waals surface area contributed by atoms with E-state index >= 15 is 0 Å². The Labute approximate surface area is 175 Å². The Bertz CT molecular complexity index is 941. The van der Waals surface area contributed by atoms with Crippen LogP contribution in [0.4, 0.5) is 10.7 Å². The highest BCUT2D eigenvalue weighted by atomic mass is 32.1. The molecule has 2 aromatic rings. The topological polar surface area (TPSA) is 84.5 Å². The van der Waals surface area contributed by atoms with Gasteiger partial charge in [0.25, 0.3) is 5.91 Å². The first-order valence-corrected chi connectivity index (χ1v) is 10.2. The molecule has 0 spiro atoms. The van der Waals surface area contributed by atoms with Gasteiger partial charge in [-0.05, 0) is 51.0 Å². The lowest BCUT2D eigenvalue weighted by Crippen LogP contribution is -2.31. The third-order valence-corrected chi connectivity index (χ3v) is 5.56. The minimum absolute atomic E-state index is 0.196. The summed E-state index contributed by atoms with van der Waals surface area (Å²) in [5, 5.41) is 6.00. The Morgan fingerprint density at radius 2 is 1.72 bits per heavy atom. The predicted molar refractivity (Wildman–Crippen MR) is 117 cm³/mol. The fraction of sp³-hybridized carbons (Fsp3) is 0.409. The van der Waals surface area contributed by atoms with E-state index in [0.717, 1.165) is 16.0 Å². The van der Waals surface area contributed by atoms with Crippen molar-refractivity contribution in [2.75, 3.05) is 10.6 Å². The minimum Gasteiger partial charge on any atom is -0.449 e. The van der Waals surface area contributed by atoms with Crippen LogP contribution >= 0.6 is 11.3 Å². The van der Waals surface area contributed by atoms with Gasteiger partial charge in [0.05, 0.1) is 5.56 Å². The standard InChI is InChI=1S/C22H28N2O4S/c1-12-9-8-10-16(11-12)23-18(25)14(3)28-20(26)17-13(2)15(4)29-19(17)24-21(27)22(5,6)7/h8-11,14H,1-7H3,(H,23,25)(H,24,27)/t14-/m1/s1. The summed E-state index contributed by atoms with van der Waals surface area (Å²) in [6, 6.07) is 7.36. The molecular weight excluding hydrogens is 388 g/mol. The summed E-state index contributed by atoms with van der Waals surface area (Å²) >= 11 is 1.32. The quantitative estimate of drug-likeness (QED) is 0.683. The molecule has 6 nitrogen and oxygen atoms in total. The maximum absolute atomic E-state index is 12.8. The summed E-state index contributed by atoms with van der Waals surface area (Å²) in [5.41, 5.74) is 2.07. The molecule has 0 radical (unpaired) electrons. The largest absolute Gasteiger partial charge is 0.449 e. The maximum Gasteiger partial charge on any atom is 0.342 e. The first-order chi connectivity index (χ1) is 13.4. The smallest absolute Gasteiger partial charge is 0.342 e. The van der Waals surface area contributed by atoms with Gasteiger partial charge >= 0.3 is 5.97 Å². The Morgan fingerprint density at radius 3 is 2.31 bits per heavy atom. The molecule has 0 aliphatic heterocycles. The number of aryl methyl sites for hydroxylation is 2. The van der Waals surface area contributed by atoms with Crippen LogP contribution in [0.3, 0.4) is 0 Å². The van der Waals surface area contributed by atoms with Gasteiger partial charge in [0.15, 0.2) is 6.10 Å². The number of nitrogens with one attached hydrogen (secondary N) is 2. The van der Waals surface area contributed by atoms with Crippen LogP contribution in [0.2, 0.25) is 0 Å². The van der Waals surface area contributed by atoms with Crippen LogP contribution in [0.25, 0.3) is 0 Å². The van der Waals surface area contributed by atoms with Gasteiger partial charge in [-0.15, -0.1) is 11.3 Å². The van der Waals surface area contributed by atoms with Crippen molar-refractivity contribution in [1.29, 1.82) is 0 Å². The molecule has 0 saturated heterocycles. The Hall–Kier alpha value is -2.67. The van der Waals surface area contributed by atoms with Crippen molar-refractivity contribution < 1.29 is 19.1 Å². The van der Waals surface area contributed by atoms with Crippen molar-refractivity contribution in [3.8, 4) is 0 Å². The van der Waals surface area contributed by atoms with Crippen molar-refractivity contribution >= 4 is 39.8 Å². The zero-order chi connectivity index (χ0) is 21.9. The van der Waals surface area contributed by atoms with Gasteiger partial charge < -0.3 is 15.4 Å². The van der Waals surface area contributed by atoms with Gasteiger partial charge in [-0.3, -0.25) is 9.59 Å². The molecule has 1 aromatic carbocycles. The first kappa shape index (κ1) is 22.6. The first-order valence-electron chi connectivity index (χ1n) is 9.40. The normalized spacial score (nSPS) is 12.2. The number of benzene rings is 1. The van der Waals surface area contributed by atoms with E-state index < -0.39 is 23.4 Å². The van der Waals surface area contributed by atoms with Gasteiger partial charge in [-0.2, -0.15) is 0 Å². The molecule has 2 amide bonds. The summed E-state index contributed by atoms with van der Waals surface area (Å²) in [6.07, 6.45) is -0.992. The van der Waals surface area contributed by atoms with Crippen LogP contribution in [0.5, 0.6) is 0 Å². The lowest BCUT2D eigenvalue weighted by molar-refractivity contribution is -0.124. The number of anilines is 2. The number of hydrogen-bond acceptors (Lipinski definition) is 5. The van der Waals surface area contributed by atoms with Crippen molar-refractivity contribution in [3.63, 3.8) is 0 Å². The monoisotopic (exact) mass is 416 g/mol. The van der Waals surface area contributed by atoms with Gasteiger partial charge in [0, 0.05) is 16.0 Å². The summed E-state index contributed by atoms with van der Waals surface area (Å²) in [6.45, 7) is 12.5. The second-order valence-electron chi connectivity index (χ2n) is 8.10. The highest BCUT2D eigenvalue weighted by Gasteiger charge is 2.28. The highest BCUT2D eigenvalue weighted by molar-refractivity contribution is 7.16. The summed E-state index contributed by atoms with van der Waals surface area (Å²) < 4.78 is 5.41. The molecule has 1 aromatic heterocycles. The van der Waals surface area contributed by atoms with Crippen LogP contribution in [0, 0.1) is 26.2 Å². The SMILES string of the molecule is Cc1cccc(NC(=O)[C@@H](C)OC(=O)c2c(NC(=O)C(C)(C)C)sc(C)c2C)c1. The van der Waals surface area contributed by atoms with E-state index in [2.05, 4.69) is 10.6 Å².